The molecule has 2 aromatic carbocycles. The van der Waals surface area contributed by atoms with E-state index in [1.807, 2.05) is 6.08 Å². The van der Waals surface area contributed by atoms with E-state index in [1.165, 1.54) is 12.1 Å². The molecule has 2 heterocycles. The molecule has 0 aromatic heterocycles. The lowest BCUT2D eigenvalue weighted by atomic mass is 9.84. The Hall–Kier alpha value is -2.96. The molecule has 4 nitrogen and oxygen atoms in total. The van der Waals surface area contributed by atoms with Crippen LogP contribution in [0.5, 0.6) is 5.75 Å². The molecule has 0 unspecified atom stereocenters. The molecule has 0 saturated carbocycles. The Bertz CT molecular complexity index is 919. The van der Waals surface area contributed by atoms with Crippen LogP contribution in [0.4, 0.5) is 18.0 Å². The SMILES string of the molecule is COc1ccc(C2=C[C@]3(c4ccc(C(F)(F)F)cc4)CCCN3C(=O)O2)cc1. The third-order valence-corrected chi connectivity index (χ3v) is 5.30. The van der Waals surface area contributed by atoms with Crippen LogP contribution in [0.2, 0.25) is 0 Å². The highest BCUT2D eigenvalue weighted by Gasteiger charge is 2.48. The van der Waals surface area contributed by atoms with Gasteiger partial charge in [-0.25, -0.2) is 4.79 Å². The predicted octanol–water partition coefficient (Wildman–Crippen LogP) is 5.20. The molecule has 2 aliphatic rings. The molecule has 0 spiro atoms. The first-order valence-corrected chi connectivity index (χ1v) is 8.88. The van der Waals surface area contributed by atoms with E-state index in [9.17, 15) is 18.0 Å². The number of hydrogen-bond acceptors (Lipinski definition) is 3. The highest BCUT2D eigenvalue weighted by Crippen LogP contribution is 2.46. The van der Waals surface area contributed by atoms with E-state index in [2.05, 4.69) is 0 Å². The number of fused-ring (bicyclic) bond motifs is 1. The number of cyclic esters (lactones) is 1. The maximum Gasteiger partial charge on any atom is 0.416 e. The van der Waals surface area contributed by atoms with Gasteiger partial charge in [0.15, 0.2) is 0 Å². The first kappa shape index (κ1) is 18.4. The summed E-state index contributed by atoms with van der Waals surface area (Å²) in [4.78, 5) is 14.2. The molecule has 0 radical (unpaired) electrons. The van der Waals surface area contributed by atoms with Gasteiger partial charge in [-0.2, -0.15) is 13.2 Å². The highest BCUT2D eigenvalue weighted by molar-refractivity contribution is 5.82. The molecule has 0 bridgehead atoms. The fourth-order valence-electron chi connectivity index (χ4n) is 3.87. The van der Waals surface area contributed by atoms with Crippen LogP contribution in [0, 0.1) is 0 Å². The Morgan fingerprint density at radius 2 is 1.75 bits per heavy atom. The third-order valence-electron chi connectivity index (χ3n) is 5.30. The average Bonchev–Trinajstić information content (AvgIpc) is 3.13. The van der Waals surface area contributed by atoms with Crippen molar-refractivity contribution in [2.45, 2.75) is 24.6 Å². The number of halogens is 3. The van der Waals surface area contributed by atoms with Gasteiger partial charge in [0.1, 0.15) is 11.5 Å². The zero-order chi connectivity index (χ0) is 19.9. The monoisotopic (exact) mass is 389 g/mol. The highest BCUT2D eigenvalue weighted by atomic mass is 19.4. The summed E-state index contributed by atoms with van der Waals surface area (Å²) in [5.74, 6) is 1.07. The van der Waals surface area contributed by atoms with E-state index in [0.717, 1.165) is 18.6 Å². The summed E-state index contributed by atoms with van der Waals surface area (Å²) >= 11 is 0. The topological polar surface area (TPSA) is 38.8 Å². The van der Waals surface area contributed by atoms with E-state index in [0.29, 0.717) is 35.6 Å². The van der Waals surface area contributed by atoms with Crippen molar-refractivity contribution in [3.05, 3.63) is 71.3 Å². The van der Waals surface area contributed by atoms with Gasteiger partial charge in [-0.1, -0.05) is 12.1 Å². The summed E-state index contributed by atoms with van der Waals surface area (Å²) in [5.41, 5.74) is -0.183. The summed E-state index contributed by atoms with van der Waals surface area (Å²) in [5, 5.41) is 0. The number of nitrogens with zero attached hydrogens (tertiary/aromatic N) is 1. The van der Waals surface area contributed by atoms with E-state index in [1.54, 1.807) is 36.3 Å². The summed E-state index contributed by atoms with van der Waals surface area (Å²) in [6, 6.07) is 12.1. The van der Waals surface area contributed by atoms with Gasteiger partial charge >= 0.3 is 12.3 Å². The number of amides is 1. The van der Waals surface area contributed by atoms with Crippen LogP contribution in [0.15, 0.2) is 54.6 Å². The Kier molecular flexibility index (Phi) is 4.33. The number of benzene rings is 2. The summed E-state index contributed by atoms with van der Waals surface area (Å²) in [7, 11) is 1.56. The Morgan fingerprint density at radius 3 is 2.36 bits per heavy atom. The van der Waals surface area contributed by atoms with Crippen LogP contribution < -0.4 is 4.74 Å². The molecule has 146 valence electrons. The van der Waals surface area contributed by atoms with Crippen molar-refractivity contribution < 1.29 is 27.4 Å². The molecule has 2 aromatic rings. The van der Waals surface area contributed by atoms with Gasteiger partial charge in [0, 0.05) is 12.1 Å². The second kappa shape index (κ2) is 6.58. The third kappa shape index (κ3) is 3.00. The van der Waals surface area contributed by atoms with Gasteiger partial charge in [0.25, 0.3) is 0 Å². The molecule has 1 amide bonds. The molecule has 28 heavy (non-hydrogen) atoms. The first-order chi connectivity index (χ1) is 13.3. The van der Waals surface area contributed by atoms with Gasteiger partial charge in [0.2, 0.25) is 0 Å². The number of carbonyl (C=O) groups excluding carboxylic acids is 1. The fourth-order valence-corrected chi connectivity index (χ4v) is 3.87. The van der Waals surface area contributed by atoms with Crippen LogP contribution in [0.1, 0.15) is 29.5 Å². The van der Waals surface area contributed by atoms with Crippen LogP contribution >= 0.6 is 0 Å². The van der Waals surface area contributed by atoms with E-state index >= 15 is 0 Å². The molecule has 1 atom stereocenters. The zero-order valence-electron chi connectivity index (χ0n) is 15.1. The Labute approximate surface area is 160 Å². The molecule has 1 saturated heterocycles. The lowest BCUT2D eigenvalue weighted by Crippen LogP contribution is -2.46. The van der Waals surface area contributed by atoms with Gasteiger partial charge in [-0.15, -0.1) is 0 Å². The van der Waals surface area contributed by atoms with Crippen LogP contribution in [0.3, 0.4) is 0 Å². The molecule has 0 N–H and O–H groups in total. The summed E-state index contributed by atoms with van der Waals surface area (Å²) in [6.07, 6.45) is -1.70. The average molecular weight is 389 g/mol. The number of rotatable bonds is 3. The summed E-state index contributed by atoms with van der Waals surface area (Å²) in [6.45, 7) is 0.492. The van der Waals surface area contributed by atoms with Crippen molar-refractivity contribution in [3.63, 3.8) is 0 Å². The zero-order valence-corrected chi connectivity index (χ0v) is 15.1. The van der Waals surface area contributed by atoms with Crippen LogP contribution in [-0.4, -0.2) is 24.6 Å². The van der Waals surface area contributed by atoms with Gasteiger partial charge in [0.05, 0.1) is 18.2 Å². The van der Waals surface area contributed by atoms with Crippen molar-refractivity contribution in [3.8, 4) is 5.75 Å². The Morgan fingerprint density at radius 1 is 1.07 bits per heavy atom. The van der Waals surface area contributed by atoms with Crippen LogP contribution in [-0.2, 0) is 16.5 Å². The maximum atomic E-state index is 12.9. The molecular weight excluding hydrogens is 371 g/mol. The van der Waals surface area contributed by atoms with Crippen molar-refractivity contribution >= 4 is 11.9 Å². The largest absolute Gasteiger partial charge is 0.497 e. The van der Waals surface area contributed by atoms with Gasteiger partial charge in [-0.3, -0.25) is 4.90 Å². The van der Waals surface area contributed by atoms with Gasteiger partial charge < -0.3 is 9.47 Å². The molecule has 1 fully saturated rings. The van der Waals surface area contributed by atoms with E-state index in [-0.39, 0.29) is 0 Å². The second-order valence-corrected chi connectivity index (χ2v) is 6.86. The number of hydrogen-bond donors (Lipinski definition) is 0. The molecule has 7 heteroatoms. The number of alkyl halides is 3. The first-order valence-electron chi connectivity index (χ1n) is 8.88. The van der Waals surface area contributed by atoms with Gasteiger partial charge in [-0.05, 0) is 60.9 Å². The van der Waals surface area contributed by atoms with E-state index < -0.39 is 23.4 Å². The molecule has 4 rings (SSSR count). The lowest BCUT2D eigenvalue weighted by molar-refractivity contribution is -0.137. The lowest BCUT2D eigenvalue weighted by Gasteiger charge is -2.40. The molecular formula is C21H18F3NO3. The van der Waals surface area contributed by atoms with E-state index in [4.69, 9.17) is 9.47 Å². The minimum absolute atomic E-state index is 0.394. The molecule has 2 aliphatic heterocycles. The quantitative estimate of drug-likeness (QED) is 0.725. The second-order valence-electron chi connectivity index (χ2n) is 6.86. The maximum absolute atomic E-state index is 12.9. The van der Waals surface area contributed by atoms with Crippen molar-refractivity contribution in [1.29, 1.82) is 0 Å². The fraction of sp³-hybridized carbons (Fsp3) is 0.286. The Balaban J connectivity index is 1.78. The van der Waals surface area contributed by atoms with Crippen molar-refractivity contribution in [1.82, 2.24) is 4.90 Å². The number of methoxy groups -OCH3 is 1. The number of ether oxygens (including phenoxy) is 2. The minimum Gasteiger partial charge on any atom is -0.497 e. The van der Waals surface area contributed by atoms with Crippen molar-refractivity contribution in [2.75, 3.05) is 13.7 Å². The normalized spacial score (nSPS) is 21.8. The molecule has 0 aliphatic carbocycles. The predicted molar refractivity (Wildman–Crippen MR) is 96.5 cm³/mol. The smallest absolute Gasteiger partial charge is 0.416 e. The number of carbonyl (C=O) groups is 1. The summed E-state index contributed by atoms with van der Waals surface area (Å²) < 4.78 is 49.4. The minimum atomic E-state index is -4.40. The van der Waals surface area contributed by atoms with Crippen LogP contribution in [0.25, 0.3) is 5.76 Å². The standard InChI is InChI=1S/C21H18F3NO3/c1-27-17-9-3-14(4-10-17)18-13-20(11-2-12-25(20)19(26)28-18)15-5-7-16(8-6-15)21(22,23)24/h3-10,13H,2,11-12H2,1H3/t20-/m0/s1. The van der Waals surface area contributed by atoms with Crippen molar-refractivity contribution in [2.24, 2.45) is 0 Å².